The smallest absolute Gasteiger partial charge is 0.244 e. The Morgan fingerprint density at radius 1 is 1.38 bits per heavy atom. The molecule has 3 rings (SSSR count). The molecule has 1 saturated heterocycles. The molecule has 1 N–H and O–H groups in total. The number of thiophene rings is 1. The molecule has 3 nitrogen and oxygen atoms in total. The van der Waals surface area contributed by atoms with Crippen LogP contribution in [0.1, 0.15) is 69.8 Å². The zero-order chi connectivity index (χ0) is 14.9. The molecule has 0 bridgehead atoms. The number of unbranched alkanes of at least 4 members (excludes halogenated alkanes) is 1. The second-order valence-corrected chi connectivity index (χ2v) is 7.42. The molecular weight excluding hydrogens is 280 g/mol. The van der Waals surface area contributed by atoms with Crippen molar-refractivity contribution in [2.75, 3.05) is 0 Å². The van der Waals surface area contributed by atoms with Gasteiger partial charge >= 0.3 is 0 Å². The second-order valence-electron chi connectivity index (χ2n) is 6.44. The van der Waals surface area contributed by atoms with E-state index >= 15 is 0 Å². The summed E-state index contributed by atoms with van der Waals surface area (Å²) < 4.78 is 0. The lowest BCUT2D eigenvalue weighted by Crippen LogP contribution is -2.40. The normalized spacial score (nSPS) is 24.8. The number of carbonyl (C=O) groups is 1. The molecule has 0 radical (unpaired) electrons. The summed E-state index contributed by atoms with van der Waals surface area (Å²) in [5.41, 5.74) is -0.215. The van der Waals surface area contributed by atoms with Crippen LogP contribution in [0.5, 0.6) is 0 Å². The number of nitrogens with one attached hydrogen (secondary N) is 1. The standard InChI is InChI=1S/C17H26N2OS/c1-3-5-8-13(7-4-2)19-15(14-9-6-12-21-14)18-17(10-11-17)16(19)20/h6,9,12-13,15,18H,3-5,7-8,10-11H2,1-2H3. The first kappa shape index (κ1) is 15.0. The highest BCUT2D eigenvalue weighted by atomic mass is 32.1. The minimum absolute atomic E-state index is 0.105. The van der Waals surface area contributed by atoms with Gasteiger partial charge in [-0.15, -0.1) is 11.3 Å². The lowest BCUT2D eigenvalue weighted by Gasteiger charge is -2.32. The molecule has 2 fully saturated rings. The van der Waals surface area contributed by atoms with E-state index in [1.807, 2.05) is 0 Å². The lowest BCUT2D eigenvalue weighted by molar-refractivity contribution is -0.133. The molecular formula is C17H26N2OS. The van der Waals surface area contributed by atoms with E-state index in [1.165, 1.54) is 17.7 Å². The van der Waals surface area contributed by atoms with E-state index in [0.29, 0.717) is 11.9 Å². The average Bonchev–Trinajstić information content (AvgIpc) is 2.95. The van der Waals surface area contributed by atoms with Gasteiger partial charge in [-0.05, 0) is 37.1 Å². The largest absolute Gasteiger partial charge is 0.317 e. The van der Waals surface area contributed by atoms with Crippen molar-refractivity contribution in [1.82, 2.24) is 10.2 Å². The Morgan fingerprint density at radius 2 is 2.19 bits per heavy atom. The number of hydrogen-bond acceptors (Lipinski definition) is 3. The maximum absolute atomic E-state index is 12.9. The molecule has 2 atom stereocenters. The van der Waals surface area contributed by atoms with Crippen molar-refractivity contribution in [3.63, 3.8) is 0 Å². The molecule has 2 heterocycles. The van der Waals surface area contributed by atoms with E-state index < -0.39 is 0 Å². The number of nitrogens with zero attached hydrogens (tertiary/aromatic N) is 1. The van der Waals surface area contributed by atoms with Gasteiger partial charge < -0.3 is 4.90 Å². The first-order chi connectivity index (χ1) is 10.2. The Hall–Kier alpha value is -0.870. The number of amides is 1. The van der Waals surface area contributed by atoms with E-state index in [4.69, 9.17) is 0 Å². The van der Waals surface area contributed by atoms with Gasteiger partial charge in [0.15, 0.2) is 0 Å². The van der Waals surface area contributed by atoms with Crippen LogP contribution in [0, 0.1) is 0 Å². The van der Waals surface area contributed by atoms with Gasteiger partial charge in [0.2, 0.25) is 5.91 Å². The van der Waals surface area contributed by atoms with E-state index in [1.54, 1.807) is 11.3 Å². The van der Waals surface area contributed by atoms with Crippen LogP contribution in [0.2, 0.25) is 0 Å². The van der Waals surface area contributed by atoms with Crippen molar-refractivity contribution in [3.05, 3.63) is 22.4 Å². The van der Waals surface area contributed by atoms with Crippen LogP contribution < -0.4 is 5.32 Å². The fraction of sp³-hybridized carbons (Fsp3) is 0.706. The van der Waals surface area contributed by atoms with Gasteiger partial charge in [0.05, 0.1) is 0 Å². The summed E-state index contributed by atoms with van der Waals surface area (Å²) in [4.78, 5) is 16.4. The minimum Gasteiger partial charge on any atom is -0.317 e. The fourth-order valence-corrected chi connectivity index (χ4v) is 4.24. The molecule has 1 aromatic heterocycles. The summed E-state index contributed by atoms with van der Waals surface area (Å²) in [5.74, 6) is 0.357. The monoisotopic (exact) mass is 306 g/mol. The van der Waals surface area contributed by atoms with Gasteiger partial charge in [-0.3, -0.25) is 10.1 Å². The Balaban J connectivity index is 1.85. The van der Waals surface area contributed by atoms with Crippen LogP contribution in [-0.4, -0.2) is 22.4 Å². The molecule has 1 spiro atoms. The van der Waals surface area contributed by atoms with Crippen LogP contribution in [-0.2, 0) is 4.79 Å². The molecule has 1 saturated carbocycles. The van der Waals surface area contributed by atoms with Crippen molar-refractivity contribution < 1.29 is 4.79 Å². The minimum atomic E-state index is -0.215. The molecule has 4 heteroatoms. The summed E-state index contributed by atoms with van der Waals surface area (Å²) in [6.07, 6.45) is 7.92. The highest BCUT2D eigenvalue weighted by Crippen LogP contribution is 2.48. The Labute approximate surface area is 131 Å². The maximum atomic E-state index is 12.9. The van der Waals surface area contributed by atoms with Crippen molar-refractivity contribution in [1.29, 1.82) is 0 Å². The van der Waals surface area contributed by atoms with E-state index in [0.717, 1.165) is 32.1 Å². The Morgan fingerprint density at radius 3 is 2.76 bits per heavy atom. The molecule has 0 aromatic carbocycles. The average molecular weight is 306 g/mol. The zero-order valence-electron chi connectivity index (χ0n) is 13.1. The van der Waals surface area contributed by atoms with E-state index in [9.17, 15) is 4.79 Å². The highest BCUT2D eigenvalue weighted by Gasteiger charge is 2.60. The summed E-state index contributed by atoms with van der Waals surface area (Å²) in [6.45, 7) is 4.45. The number of hydrogen-bond donors (Lipinski definition) is 1. The van der Waals surface area contributed by atoms with Crippen LogP contribution in [0.15, 0.2) is 17.5 Å². The summed E-state index contributed by atoms with van der Waals surface area (Å²) in [6, 6.07) is 4.64. The maximum Gasteiger partial charge on any atom is 0.244 e. The van der Waals surface area contributed by atoms with Crippen molar-refractivity contribution in [2.45, 2.75) is 76.5 Å². The van der Waals surface area contributed by atoms with E-state index in [-0.39, 0.29) is 11.7 Å². The van der Waals surface area contributed by atoms with Crippen molar-refractivity contribution in [2.24, 2.45) is 0 Å². The number of carbonyl (C=O) groups excluding carboxylic acids is 1. The molecule has 2 unspecified atom stereocenters. The molecule has 1 aromatic rings. The van der Waals surface area contributed by atoms with Crippen LogP contribution >= 0.6 is 11.3 Å². The fourth-order valence-electron chi connectivity index (χ4n) is 3.47. The lowest BCUT2D eigenvalue weighted by atomic mass is 10.0. The highest BCUT2D eigenvalue weighted by molar-refractivity contribution is 7.10. The second kappa shape index (κ2) is 6.09. The SMILES string of the molecule is CCCCC(CCC)N1C(=O)C2(CC2)NC1c1cccs1. The van der Waals surface area contributed by atoms with Gasteiger partial charge in [-0.2, -0.15) is 0 Å². The Bertz CT molecular complexity index is 481. The van der Waals surface area contributed by atoms with Gasteiger partial charge in [-0.25, -0.2) is 0 Å². The summed E-state index contributed by atoms with van der Waals surface area (Å²) in [5, 5.41) is 5.76. The first-order valence-electron chi connectivity index (χ1n) is 8.35. The van der Waals surface area contributed by atoms with Gasteiger partial charge in [0.1, 0.15) is 11.7 Å². The third-order valence-electron chi connectivity index (χ3n) is 4.80. The third-order valence-corrected chi connectivity index (χ3v) is 5.73. The molecule has 21 heavy (non-hydrogen) atoms. The van der Waals surface area contributed by atoms with Gasteiger partial charge in [0.25, 0.3) is 0 Å². The molecule has 1 amide bonds. The van der Waals surface area contributed by atoms with E-state index in [2.05, 4.69) is 41.6 Å². The van der Waals surface area contributed by atoms with Crippen molar-refractivity contribution >= 4 is 17.2 Å². The van der Waals surface area contributed by atoms with Crippen LogP contribution in [0.4, 0.5) is 0 Å². The van der Waals surface area contributed by atoms with Gasteiger partial charge in [0, 0.05) is 10.9 Å². The van der Waals surface area contributed by atoms with Crippen LogP contribution in [0.25, 0.3) is 0 Å². The molecule has 116 valence electrons. The summed E-state index contributed by atoms with van der Waals surface area (Å²) in [7, 11) is 0. The zero-order valence-corrected chi connectivity index (χ0v) is 13.9. The quantitative estimate of drug-likeness (QED) is 0.823. The molecule has 1 aliphatic heterocycles. The van der Waals surface area contributed by atoms with Crippen LogP contribution in [0.3, 0.4) is 0 Å². The predicted molar refractivity (Wildman–Crippen MR) is 87.2 cm³/mol. The third kappa shape index (κ3) is 2.76. The Kier molecular flexibility index (Phi) is 4.36. The molecule has 1 aliphatic carbocycles. The number of rotatable bonds is 7. The van der Waals surface area contributed by atoms with Crippen molar-refractivity contribution in [3.8, 4) is 0 Å². The summed E-state index contributed by atoms with van der Waals surface area (Å²) >= 11 is 1.76. The topological polar surface area (TPSA) is 32.3 Å². The molecule has 2 aliphatic rings. The predicted octanol–water partition coefficient (Wildman–Crippen LogP) is 4.07. The van der Waals surface area contributed by atoms with Gasteiger partial charge in [-0.1, -0.05) is 39.2 Å². The first-order valence-corrected chi connectivity index (χ1v) is 9.23.